The first-order chi connectivity index (χ1) is 9.20. The van der Waals surface area contributed by atoms with Gasteiger partial charge in [-0.05, 0) is 43.5 Å². The van der Waals surface area contributed by atoms with Gasteiger partial charge in [-0.1, -0.05) is 12.5 Å². The lowest BCUT2D eigenvalue weighted by Gasteiger charge is -2.28. The highest BCUT2D eigenvalue weighted by molar-refractivity contribution is 5.41. The zero-order valence-electron chi connectivity index (χ0n) is 11.2. The first-order valence-corrected chi connectivity index (χ1v) is 6.89. The van der Waals surface area contributed by atoms with Crippen LogP contribution in [0.4, 0.5) is 5.69 Å². The van der Waals surface area contributed by atoms with Crippen molar-refractivity contribution in [3.63, 3.8) is 0 Å². The molecule has 0 aliphatic carbocycles. The number of hydrogen-bond acceptors (Lipinski definition) is 4. The molecule has 0 aromatic heterocycles. The zero-order valence-corrected chi connectivity index (χ0v) is 11.2. The van der Waals surface area contributed by atoms with Crippen LogP contribution in [0.1, 0.15) is 30.4 Å². The lowest BCUT2D eigenvalue weighted by Crippen LogP contribution is -2.31. The quantitative estimate of drug-likeness (QED) is 0.484. The van der Waals surface area contributed by atoms with Gasteiger partial charge in [0.15, 0.2) is 0 Å². The summed E-state index contributed by atoms with van der Waals surface area (Å²) in [4.78, 5) is 12.9. The first kappa shape index (κ1) is 14.0. The van der Waals surface area contributed by atoms with E-state index in [1.807, 2.05) is 6.07 Å². The predicted octanol–water partition coefficient (Wildman–Crippen LogP) is 2.08. The third-order valence-corrected chi connectivity index (χ3v) is 3.67. The summed E-state index contributed by atoms with van der Waals surface area (Å²) in [5.41, 5.74) is 8.04. The van der Waals surface area contributed by atoms with Gasteiger partial charge in [0.1, 0.15) is 0 Å². The molecule has 5 nitrogen and oxygen atoms in total. The van der Waals surface area contributed by atoms with E-state index in [1.54, 1.807) is 12.1 Å². The van der Waals surface area contributed by atoms with Gasteiger partial charge in [-0.15, -0.1) is 0 Å². The van der Waals surface area contributed by atoms with Gasteiger partial charge in [0.05, 0.1) is 4.92 Å². The topological polar surface area (TPSA) is 72.4 Å². The number of rotatable bonds is 6. The van der Waals surface area contributed by atoms with E-state index in [-0.39, 0.29) is 10.6 Å². The minimum atomic E-state index is -0.319. The van der Waals surface area contributed by atoms with Crippen LogP contribution in [0, 0.1) is 10.1 Å². The highest BCUT2D eigenvalue weighted by Crippen LogP contribution is 2.23. The monoisotopic (exact) mass is 263 g/mol. The Kier molecular flexibility index (Phi) is 4.87. The third kappa shape index (κ3) is 3.75. The fourth-order valence-electron chi connectivity index (χ4n) is 2.56. The lowest BCUT2D eigenvalue weighted by atomic mass is 9.99. The number of fused-ring (bicyclic) bond motifs is 1. The van der Waals surface area contributed by atoms with Crippen LogP contribution in [0.25, 0.3) is 0 Å². The maximum atomic E-state index is 10.8. The van der Waals surface area contributed by atoms with Crippen LogP contribution in [-0.4, -0.2) is 29.5 Å². The molecule has 1 aliphatic heterocycles. The summed E-state index contributed by atoms with van der Waals surface area (Å²) >= 11 is 0. The van der Waals surface area contributed by atoms with Crippen molar-refractivity contribution >= 4 is 5.69 Å². The molecule has 104 valence electrons. The number of nitrogens with two attached hydrogens (primary N) is 1. The van der Waals surface area contributed by atoms with E-state index in [2.05, 4.69) is 4.90 Å². The largest absolute Gasteiger partial charge is 0.330 e. The van der Waals surface area contributed by atoms with Gasteiger partial charge in [-0.25, -0.2) is 0 Å². The average molecular weight is 263 g/mol. The molecule has 1 aliphatic rings. The Morgan fingerprint density at radius 2 is 2.11 bits per heavy atom. The van der Waals surface area contributed by atoms with E-state index in [1.165, 1.54) is 5.56 Å². The number of benzene rings is 1. The summed E-state index contributed by atoms with van der Waals surface area (Å²) < 4.78 is 0. The number of nitrogens with zero attached hydrogens (tertiary/aromatic N) is 2. The van der Waals surface area contributed by atoms with E-state index in [4.69, 9.17) is 5.73 Å². The summed E-state index contributed by atoms with van der Waals surface area (Å²) in [5, 5.41) is 10.8. The Morgan fingerprint density at radius 1 is 1.26 bits per heavy atom. The zero-order chi connectivity index (χ0) is 13.7. The molecule has 5 heteroatoms. The standard InChI is InChI=1S/C14H21N3O2/c15-7-2-1-3-8-16-9-6-12-4-5-14(17(18)19)10-13(12)11-16/h4-5,10H,1-3,6-9,11,15H2. The number of nitro benzene ring substituents is 1. The van der Waals surface area contributed by atoms with Crippen molar-refractivity contribution in [1.29, 1.82) is 0 Å². The van der Waals surface area contributed by atoms with E-state index >= 15 is 0 Å². The third-order valence-electron chi connectivity index (χ3n) is 3.67. The molecular weight excluding hydrogens is 242 g/mol. The maximum Gasteiger partial charge on any atom is 0.269 e. The van der Waals surface area contributed by atoms with Crippen molar-refractivity contribution in [3.8, 4) is 0 Å². The highest BCUT2D eigenvalue weighted by atomic mass is 16.6. The summed E-state index contributed by atoms with van der Waals surface area (Å²) in [6, 6.07) is 5.23. The molecule has 0 atom stereocenters. The Bertz CT molecular complexity index is 448. The van der Waals surface area contributed by atoms with Crippen molar-refractivity contribution in [3.05, 3.63) is 39.4 Å². The summed E-state index contributed by atoms with van der Waals surface area (Å²) in [5.74, 6) is 0. The SMILES string of the molecule is NCCCCCN1CCc2ccc([N+](=O)[O-])cc2C1. The molecule has 0 saturated heterocycles. The molecule has 0 saturated carbocycles. The van der Waals surface area contributed by atoms with Gasteiger partial charge in [0, 0.05) is 25.2 Å². The van der Waals surface area contributed by atoms with Crippen LogP contribution >= 0.6 is 0 Å². The van der Waals surface area contributed by atoms with Crippen molar-refractivity contribution < 1.29 is 4.92 Å². The van der Waals surface area contributed by atoms with Gasteiger partial charge in [-0.2, -0.15) is 0 Å². The van der Waals surface area contributed by atoms with Crippen molar-refractivity contribution in [1.82, 2.24) is 4.90 Å². The van der Waals surface area contributed by atoms with Gasteiger partial charge in [0.2, 0.25) is 0 Å². The predicted molar refractivity (Wildman–Crippen MR) is 75.0 cm³/mol. The molecule has 0 unspecified atom stereocenters. The Balaban J connectivity index is 1.94. The molecule has 2 N–H and O–H groups in total. The van der Waals surface area contributed by atoms with Crippen LogP contribution in [0.5, 0.6) is 0 Å². The van der Waals surface area contributed by atoms with Gasteiger partial charge in [0.25, 0.3) is 5.69 Å². The number of unbranched alkanes of at least 4 members (excludes halogenated alkanes) is 2. The smallest absolute Gasteiger partial charge is 0.269 e. The molecule has 0 fully saturated rings. The fraction of sp³-hybridized carbons (Fsp3) is 0.571. The van der Waals surface area contributed by atoms with Crippen molar-refractivity contribution in [2.24, 2.45) is 5.73 Å². The maximum absolute atomic E-state index is 10.8. The number of hydrogen-bond donors (Lipinski definition) is 1. The second-order valence-electron chi connectivity index (χ2n) is 5.09. The lowest BCUT2D eigenvalue weighted by molar-refractivity contribution is -0.385. The van der Waals surface area contributed by atoms with E-state index in [0.717, 1.165) is 57.4 Å². The second kappa shape index (κ2) is 6.63. The molecule has 19 heavy (non-hydrogen) atoms. The average Bonchev–Trinajstić information content (AvgIpc) is 2.42. The van der Waals surface area contributed by atoms with Crippen LogP contribution in [0.15, 0.2) is 18.2 Å². The first-order valence-electron chi connectivity index (χ1n) is 6.89. The van der Waals surface area contributed by atoms with Crippen molar-refractivity contribution in [2.45, 2.75) is 32.2 Å². The van der Waals surface area contributed by atoms with Gasteiger partial charge in [-0.3, -0.25) is 15.0 Å². The van der Waals surface area contributed by atoms with Crippen LogP contribution < -0.4 is 5.73 Å². The van der Waals surface area contributed by atoms with Crippen LogP contribution in [0.2, 0.25) is 0 Å². The highest BCUT2D eigenvalue weighted by Gasteiger charge is 2.18. The van der Waals surface area contributed by atoms with Gasteiger partial charge < -0.3 is 5.73 Å². The van der Waals surface area contributed by atoms with E-state index in [0.29, 0.717) is 0 Å². The normalized spacial score (nSPS) is 15.2. The Hall–Kier alpha value is -1.46. The fourth-order valence-corrected chi connectivity index (χ4v) is 2.56. The van der Waals surface area contributed by atoms with Crippen LogP contribution in [-0.2, 0) is 13.0 Å². The molecule has 1 heterocycles. The number of non-ortho nitro benzene ring substituents is 1. The molecule has 0 radical (unpaired) electrons. The Labute approximate surface area is 113 Å². The molecule has 0 spiro atoms. The summed E-state index contributed by atoms with van der Waals surface area (Å²) in [6.07, 6.45) is 4.39. The summed E-state index contributed by atoms with van der Waals surface area (Å²) in [6.45, 7) is 3.70. The molecule has 0 bridgehead atoms. The molecule has 1 aromatic rings. The second-order valence-corrected chi connectivity index (χ2v) is 5.09. The molecule has 1 aromatic carbocycles. The van der Waals surface area contributed by atoms with E-state index in [9.17, 15) is 10.1 Å². The summed E-state index contributed by atoms with van der Waals surface area (Å²) in [7, 11) is 0. The van der Waals surface area contributed by atoms with Gasteiger partial charge >= 0.3 is 0 Å². The Morgan fingerprint density at radius 3 is 2.84 bits per heavy atom. The van der Waals surface area contributed by atoms with Crippen LogP contribution in [0.3, 0.4) is 0 Å². The minimum absolute atomic E-state index is 0.198. The minimum Gasteiger partial charge on any atom is -0.330 e. The molecule has 0 amide bonds. The van der Waals surface area contributed by atoms with Crippen molar-refractivity contribution in [2.75, 3.05) is 19.6 Å². The van der Waals surface area contributed by atoms with E-state index < -0.39 is 0 Å². The molecular formula is C14H21N3O2. The molecule has 2 rings (SSSR count). The number of nitro groups is 1.